The van der Waals surface area contributed by atoms with Crippen molar-refractivity contribution in [3.05, 3.63) is 70.4 Å². The van der Waals surface area contributed by atoms with Crippen LogP contribution in [-0.2, 0) is 20.8 Å². The van der Waals surface area contributed by atoms with Crippen LogP contribution in [0.2, 0.25) is 0 Å². The summed E-state index contributed by atoms with van der Waals surface area (Å²) < 4.78 is 67.4. The molecular formula is C26H20F3N7O3S. The molecule has 3 aromatic rings. The van der Waals surface area contributed by atoms with Crippen molar-refractivity contribution in [2.75, 3.05) is 16.5 Å². The molecule has 0 bridgehead atoms. The van der Waals surface area contributed by atoms with Crippen LogP contribution in [-0.4, -0.2) is 35.3 Å². The molecule has 5 rings (SSSR count). The Kier molecular flexibility index (Phi) is 6.39. The van der Waals surface area contributed by atoms with Gasteiger partial charge in [0, 0.05) is 29.1 Å². The molecule has 1 N–H and O–H groups in total. The third-order valence-electron chi connectivity index (χ3n) is 6.63. The first-order chi connectivity index (χ1) is 18.8. The maximum Gasteiger partial charge on any atom is 0.416 e. The topological polar surface area (TPSA) is 145 Å². The number of alkyl halides is 3. The molecule has 1 unspecified atom stereocenters. The first-order valence-corrected chi connectivity index (χ1v) is 13.8. The Morgan fingerprint density at radius 3 is 2.45 bits per heavy atom. The third kappa shape index (κ3) is 4.78. The fourth-order valence-electron chi connectivity index (χ4n) is 4.55. The second kappa shape index (κ2) is 9.50. The number of amides is 1. The smallest absolute Gasteiger partial charge is 0.293 e. The predicted octanol–water partition coefficient (Wildman–Crippen LogP) is 4.46. The Morgan fingerprint density at radius 1 is 1.12 bits per heavy atom. The zero-order chi connectivity index (χ0) is 29.0. The number of hydrogen-bond donors (Lipinski definition) is 1. The predicted molar refractivity (Wildman–Crippen MR) is 136 cm³/mol. The Labute approximate surface area is 226 Å². The molecular weight excluding hydrogens is 547 g/mol. The molecule has 0 radical (unpaired) electrons. The fourth-order valence-corrected chi connectivity index (χ4v) is 5.50. The SMILES string of the molecule is CC1=C(C#N)C(c2ccc(C#N)cc2S(C)(=O)=O)n2nc(NC(=O)C3CC3)nc2N1c1cccc(C(F)(F)F)c1. The van der Waals surface area contributed by atoms with Gasteiger partial charge in [-0.1, -0.05) is 12.1 Å². The molecule has 0 spiro atoms. The summed E-state index contributed by atoms with van der Waals surface area (Å²) in [6.45, 7) is 1.50. The van der Waals surface area contributed by atoms with Crippen molar-refractivity contribution in [1.82, 2.24) is 14.8 Å². The van der Waals surface area contributed by atoms with Gasteiger partial charge in [-0.3, -0.25) is 15.0 Å². The molecule has 1 aliphatic carbocycles. The number of aromatic nitrogens is 3. The summed E-state index contributed by atoms with van der Waals surface area (Å²) >= 11 is 0. The lowest BCUT2D eigenvalue weighted by molar-refractivity contribution is -0.137. The molecule has 1 aromatic heterocycles. The van der Waals surface area contributed by atoms with Crippen molar-refractivity contribution < 1.29 is 26.4 Å². The van der Waals surface area contributed by atoms with E-state index in [4.69, 9.17) is 0 Å². The number of carbonyl (C=O) groups excluding carboxylic acids is 1. The highest BCUT2D eigenvalue weighted by atomic mass is 32.2. The normalized spacial score (nSPS) is 17.2. The molecule has 2 aliphatic rings. The van der Waals surface area contributed by atoms with E-state index in [-0.39, 0.29) is 56.7 Å². The van der Waals surface area contributed by atoms with Crippen molar-refractivity contribution in [1.29, 1.82) is 10.5 Å². The number of sulfone groups is 1. The average molecular weight is 568 g/mol. The largest absolute Gasteiger partial charge is 0.416 e. The fraction of sp³-hybridized carbons (Fsp3) is 0.269. The van der Waals surface area contributed by atoms with E-state index in [2.05, 4.69) is 21.5 Å². The van der Waals surface area contributed by atoms with Gasteiger partial charge in [0.2, 0.25) is 11.9 Å². The Hall–Kier alpha value is -4.69. The lowest BCUT2D eigenvalue weighted by atomic mass is 9.95. The second-order valence-electron chi connectivity index (χ2n) is 9.48. The van der Waals surface area contributed by atoms with E-state index in [1.165, 1.54) is 46.8 Å². The van der Waals surface area contributed by atoms with E-state index >= 15 is 0 Å². The lowest BCUT2D eigenvalue weighted by Crippen LogP contribution is -2.31. The van der Waals surface area contributed by atoms with Gasteiger partial charge in [0.25, 0.3) is 5.95 Å². The van der Waals surface area contributed by atoms with E-state index in [1.807, 2.05) is 6.07 Å². The van der Waals surface area contributed by atoms with Gasteiger partial charge in [0.1, 0.15) is 6.04 Å². The minimum Gasteiger partial charge on any atom is -0.293 e. The maximum atomic E-state index is 13.6. The van der Waals surface area contributed by atoms with Crippen LogP contribution in [0.15, 0.2) is 58.6 Å². The van der Waals surface area contributed by atoms with Crippen molar-refractivity contribution >= 4 is 33.3 Å². The van der Waals surface area contributed by atoms with E-state index in [9.17, 15) is 36.9 Å². The Morgan fingerprint density at radius 2 is 1.85 bits per heavy atom. The van der Waals surface area contributed by atoms with Crippen LogP contribution < -0.4 is 10.2 Å². The number of hydrogen-bond acceptors (Lipinski definition) is 8. The number of nitriles is 2. The molecule has 1 amide bonds. The minimum atomic E-state index is -4.64. The quantitative estimate of drug-likeness (QED) is 0.476. The third-order valence-corrected chi connectivity index (χ3v) is 7.78. The Balaban J connectivity index is 1.76. The number of allylic oxidation sites excluding steroid dienone is 2. The summed E-state index contributed by atoms with van der Waals surface area (Å²) in [4.78, 5) is 17.9. The molecule has 40 heavy (non-hydrogen) atoms. The minimum absolute atomic E-state index is 0.0235. The van der Waals surface area contributed by atoms with Gasteiger partial charge >= 0.3 is 6.18 Å². The highest BCUT2D eigenvalue weighted by Crippen LogP contribution is 2.45. The average Bonchev–Trinajstić information content (AvgIpc) is 3.67. The highest BCUT2D eigenvalue weighted by Gasteiger charge is 2.40. The number of rotatable bonds is 5. The Bertz CT molecular complexity index is 1780. The second-order valence-corrected chi connectivity index (χ2v) is 11.5. The zero-order valence-corrected chi connectivity index (χ0v) is 21.9. The van der Waals surface area contributed by atoms with Gasteiger partial charge in [-0.2, -0.15) is 28.7 Å². The lowest BCUT2D eigenvalue weighted by Gasteiger charge is -2.34. The van der Waals surface area contributed by atoms with Crippen LogP contribution in [0.3, 0.4) is 0 Å². The van der Waals surface area contributed by atoms with E-state index in [1.54, 1.807) is 0 Å². The summed E-state index contributed by atoms with van der Waals surface area (Å²) in [5.74, 6) is -0.738. The van der Waals surface area contributed by atoms with Crippen molar-refractivity contribution in [2.45, 2.75) is 36.9 Å². The van der Waals surface area contributed by atoms with Gasteiger partial charge in [-0.25, -0.2) is 13.1 Å². The standard InChI is InChI=1S/C26H20F3N7O3S/c1-14-20(13-31)22(19-9-6-15(12-30)10-21(19)40(2,38)39)36-25(33-24(34-36)32-23(37)16-7-8-16)35(14)18-5-3-4-17(11-18)26(27,28)29/h3-6,9-11,16,22H,7-8H2,1-2H3,(H,32,34,37). The molecule has 1 atom stereocenters. The van der Waals surface area contributed by atoms with Crippen molar-refractivity contribution in [3.8, 4) is 12.1 Å². The number of carbonyl (C=O) groups is 1. The molecule has 0 saturated heterocycles. The van der Waals surface area contributed by atoms with Gasteiger partial charge in [-0.15, -0.1) is 5.10 Å². The number of halogens is 3. The number of fused-ring (bicyclic) bond motifs is 1. The van der Waals surface area contributed by atoms with E-state index in [0.29, 0.717) is 12.8 Å². The van der Waals surface area contributed by atoms with Crippen LogP contribution in [0.5, 0.6) is 0 Å². The zero-order valence-electron chi connectivity index (χ0n) is 21.1. The molecule has 14 heteroatoms. The summed E-state index contributed by atoms with van der Waals surface area (Å²) in [6.07, 6.45) is -2.30. The van der Waals surface area contributed by atoms with Crippen LogP contribution in [0.4, 0.5) is 30.8 Å². The van der Waals surface area contributed by atoms with Crippen LogP contribution in [0.25, 0.3) is 0 Å². The number of anilines is 3. The molecule has 1 saturated carbocycles. The van der Waals surface area contributed by atoms with Gasteiger partial charge in [0.05, 0.1) is 33.7 Å². The number of nitrogens with one attached hydrogen (secondary N) is 1. The van der Waals surface area contributed by atoms with E-state index < -0.39 is 27.6 Å². The van der Waals surface area contributed by atoms with Gasteiger partial charge < -0.3 is 0 Å². The molecule has 2 aromatic carbocycles. The maximum absolute atomic E-state index is 13.6. The van der Waals surface area contributed by atoms with Crippen molar-refractivity contribution in [3.63, 3.8) is 0 Å². The molecule has 2 heterocycles. The highest BCUT2D eigenvalue weighted by molar-refractivity contribution is 7.90. The van der Waals surface area contributed by atoms with Crippen LogP contribution in [0.1, 0.15) is 42.5 Å². The van der Waals surface area contributed by atoms with Gasteiger partial charge in [-0.05, 0) is 50.1 Å². The number of nitrogens with zero attached hydrogens (tertiary/aromatic N) is 6. The molecule has 204 valence electrons. The first-order valence-electron chi connectivity index (χ1n) is 11.9. The molecule has 10 nitrogen and oxygen atoms in total. The van der Waals surface area contributed by atoms with Crippen molar-refractivity contribution in [2.24, 2.45) is 5.92 Å². The molecule has 1 fully saturated rings. The molecule has 1 aliphatic heterocycles. The van der Waals surface area contributed by atoms with Crippen LogP contribution in [0, 0.1) is 28.6 Å². The monoisotopic (exact) mass is 567 g/mol. The summed E-state index contributed by atoms with van der Waals surface area (Å²) in [7, 11) is -3.92. The summed E-state index contributed by atoms with van der Waals surface area (Å²) in [5.41, 5.74) is -0.581. The summed E-state index contributed by atoms with van der Waals surface area (Å²) in [6, 6.07) is 11.1. The van der Waals surface area contributed by atoms with E-state index in [0.717, 1.165) is 18.4 Å². The van der Waals surface area contributed by atoms with Gasteiger partial charge in [0.15, 0.2) is 9.84 Å². The first kappa shape index (κ1) is 26.9. The van der Waals surface area contributed by atoms with Crippen LogP contribution >= 0.6 is 0 Å². The number of benzene rings is 2. The summed E-state index contributed by atoms with van der Waals surface area (Å²) in [5, 5.41) is 26.6.